The van der Waals surface area contributed by atoms with Crippen LogP contribution in [0.5, 0.6) is 11.5 Å². The number of fused-ring (bicyclic) bond motifs is 1. The largest absolute Gasteiger partial charge is 0.486 e. The van der Waals surface area contributed by atoms with Crippen LogP contribution in [0, 0.1) is 0 Å². The number of hydrogen-bond acceptors (Lipinski definition) is 3. The molecule has 1 aliphatic heterocycles. The fourth-order valence-corrected chi connectivity index (χ4v) is 3.84. The molecule has 0 radical (unpaired) electrons. The van der Waals surface area contributed by atoms with E-state index in [0.717, 1.165) is 16.9 Å². The highest BCUT2D eigenvalue weighted by Gasteiger charge is 2.22. The third-order valence-electron chi connectivity index (χ3n) is 2.85. The van der Waals surface area contributed by atoms with E-state index in [1.54, 1.807) is 12.3 Å². The molecule has 1 unspecified atom stereocenters. The summed E-state index contributed by atoms with van der Waals surface area (Å²) in [4.78, 5) is -0.0797. The van der Waals surface area contributed by atoms with Crippen molar-refractivity contribution in [2.45, 2.75) is 4.83 Å². The van der Waals surface area contributed by atoms with Crippen LogP contribution in [0.3, 0.4) is 0 Å². The fraction of sp³-hybridized carbons (Fsp3) is 0.231. The van der Waals surface area contributed by atoms with Gasteiger partial charge in [0.2, 0.25) is 0 Å². The van der Waals surface area contributed by atoms with Gasteiger partial charge in [0, 0.05) is 16.7 Å². The van der Waals surface area contributed by atoms with E-state index in [1.807, 2.05) is 12.1 Å². The van der Waals surface area contributed by atoms with Crippen LogP contribution in [0.4, 0.5) is 0 Å². The Morgan fingerprint density at radius 1 is 1.11 bits per heavy atom. The smallest absolute Gasteiger partial charge is 0.173 e. The first-order chi connectivity index (χ1) is 9.16. The van der Waals surface area contributed by atoms with Gasteiger partial charge in [0.05, 0.1) is 11.1 Å². The second-order valence-electron chi connectivity index (χ2n) is 4.03. The molecular formula is C13H9Br2ClO3. The highest BCUT2D eigenvalue weighted by molar-refractivity contribution is 9.10. The molecule has 0 aliphatic carbocycles. The molecule has 0 spiro atoms. The molecule has 19 heavy (non-hydrogen) atoms. The van der Waals surface area contributed by atoms with Crippen molar-refractivity contribution in [3.05, 3.63) is 45.3 Å². The maximum Gasteiger partial charge on any atom is 0.173 e. The summed E-state index contributed by atoms with van der Waals surface area (Å²) < 4.78 is 17.0. The summed E-state index contributed by atoms with van der Waals surface area (Å²) in [6, 6.07) is 5.57. The van der Waals surface area contributed by atoms with Crippen LogP contribution in [-0.2, 0) is 0 Å². The quantitative estimate of drug-likeness (QED) is 0.659. The molecule has 0 saturated carbocycles. The minimum atomic E-state index is -0.0797. The second kappa shape index (κ2) is 5.38. The molecule has 2 aromatic rings. The second-order valence-corrected chi connectivity index (χ2v) is 6.07. The maximum atomic E-state index is 6.31. The van der Waals surface area contributed by atoms with E-state index in [9.17, 15) is 0 Å². The van der Waals surface area contributed by atoms with E-state index in [4.69, 9.17) is 25.5 Å². The highest BCUT2D eigenvalue weighted by atomic mass is 79.9. The third kappa shape index (κ3) is 2.51. The first-order valence-corrected chi connectivity index (χ1v) is 7.71. The molecule has 2 heterocycles. The fourth-order valence-electron chi connectivity index (χ4n) is 1.93. The van der Waals surface area contributed by atoms with Crippen molar-refractivity contribution < 1.29 is 13.9 Å². The molecule has 0 saturated heterocycles. The monoisotopic (exact) mass is 406 g/mol. The average molecular weight is 408 g/mol. The van der Waals surface area contributed by atoms with Gasteiger partial charge in [0.25, 0.3) is 0 Å². The van der Waals surface area contributed by atoms with Gasteiger partial charge >= 0.3 is 0 Å². The van der Waals surface area contributed by atoms with Gasteiger partial charge in [-0.3, -0.25) is 0 Å². The molecule has 1 atom stereocenters. The normalized spacial score (nSPS) is 15.3. The topological polar surface area (TPSA) is 31.6 Å². The first kappa shape index (κ1) is 13.3. The van der Waals surface area contributed by atoms with Crippen LogP contribution < -0.4 is 9.47 Å². The van der Waals surface area contributed by atoms with Crippen molar-refractivity contribution in [1.82, 2.24) is 0 Å². The molecule has 0 bridgehead atoms. The number of benzene rings is 1. The van der Waals surface area contributed by atoms with Crippen LogP contribution in [0.15, 0.2) is 33.5 Å². The summed E-state index contributed by atoms with van der Waals surface area (Å²) >= 11 is 13.3. The zero-order valence-electron chi connectivity index (χ0n) is 9.66. The number of halogens is 3. The summed E-state index contributed by atoms with van der Waals surface area (Å²) in [6.45, 7) is 1.10. The number of alkyl halides is 1. The molecule has 100 valence electrons. The van der Waals surface area contributed by atoms with Gasteiger partial charge in [-0.2, -0.15) is 0 Å². The molecule has 3 nitrogen and oxygen atoms in total. The van der Waals surface area contributed by atoms with E-state index in [2.05, 4.69) is 31.9 Å². The molecule has 0 amide bonds. The van der Waals surface area contributed by atoms with Crippen molar-refractivity contribution in [3.8, 4) is 11.5 Å². The lowest BCUT2D eigenvalue weighted by atomic mass is 10.1. The van der Waals surface area contributed by atoms with E-state index in [0.29, 0.717) is 28.7 Å². The van der Waals surface area contributed by atoms with Crippen molar-refractivity contribution in [2.24, 2.45) is 0 Å². The zero-order valence-corrected chi connectivity index (χ0v) is 13.6. The Hall–Kier alpha value is -0.650. The standard InChI is InChI=1S/C13H9Br2ClO3/c14-12(7-1-2-19-13(7)15)8-5-10-11(6-9(8)16)18-4-3-17-10/h1-2,5-6,12H,3-4H2. The Morgan fingerprint density at radius 3 is 2.42 bits per heavy atom. The Bertz CT molecular complexity index is 612. The van der Waals surface area contributed by atoms with Crippen LogP contribution in [0.25, 0.3) is 0 Å². The van der Waals surface area contributed by atoms with Crippen LogP contribution in [0.1, 0.15) is 16.0 Å². The van der Waals surface area contributed by atoms with Gasteiger partial charge in [-0.05, 0) is 33.6 Å². The molecular weight excluding hydrogens is 399 g/mol. The number of hydrogen-bond donors (Lipinski definition) is 0. The predicted molar refractivity (Wildman–Crippen MR) is 79.6 cm³/mol. The first-order valence-electron chi connectivity index (χ1n) is 5.63. The van der Waals surface area contributed by atoms with E-state index in [1.165, 1.54) is 0 Å². The van der Waals surface area contributed by atoms with Crippen molar-refractivity contribution in [1.29, 1.82) is 0 Å². The number of furan rings is 1. The Kier molecular flexibility index (Phi) is 3.78. The van der Waals surface area contributed by atoms with Crippen LogP contribution in [-0.4, -0.2) is 13.2 Å². The summed E-state index contributed by atoms with van der Waals surface area (Å²) in [6.07, 6.45) is 1.62. The van der Waals surface area contributed by atoms with Gasteiger partial charge in [-0.1, -0.05) is 27.5 Å². The van der Waals surface area contributed by atoms with E-state index >= 15 is 0 Å². The summed E-state index contributed by atoms with van der Waals surface area (Å²) in [5.74, 6) is 1.40. The minimum Gasteiger partial charge on any atom is -0.486 e. The lowest BCUT2D eigenvalue weighted by molar-refractivity contribution is 0.171. The van der Waals surface area contributed by atoms with Gasteiger partial charge in [0.1, 0.15) is 13.2 Å². The average Bonchev–Trinajstić information content (AvgIpc) is 2.83. The van der Waals surface area contributed by atoms with Gasteiger partial charge in [-0.25, -0.2) is 0 Å². The lowest BCUT2D eigenvalue weighted by Gasteiger charge is -2.21. The number of rotatable bonds is 2. The molecule has 1 aromatic carbocycles. The van der Waals surface area contributed by atoms with Crippen LogP contribution >= 0.6 is 43.5 Å². The Balaban J connectivity index is 2.03. The van der Waals surface area contributed by atoms with Gasteiger partial charge in [0.15, 0.2) is 16.2 Å². The molecule has 0 fully saturated rings. The van der Waals surface area contributed by atoms with Crippen molar-refractivity contribution in [3.63, 3.8) is 0 Å². The molecule has 1 aliphatic rings. The molecule has 1 aromatic heterocycles. The van der Waals surface area contributed by atoms with Crippen LogP contribution in [0.2, 0.25) is 5.02 Å². The molecule has 6 heteroatoms. The molecule has 3 rings (SSSR count). The highest BCUT2D eigenvalue weighted by Crippen LogP contribution is 2.44. The predicted octanol–water partition coefficient (Wildman–Crippen LogP) is 4.95. The Morgan fingerprint density at radius 2 is 1.79 bits per heavy atom. The summed E-state index contributed by atoms with van der Waals surface area (Å²) in [7, 11) is 0. The maximum absolute atomic E-state index is 6.31. The lowest BCUT2D eigenvalue weighted by Crippen LogP contribution is -2.15. The van der Waals surface area contributed by atoms with Crippen molar-refractivity contribution in [2.75, 3.05) is 13.2 Å². The Labute approximate surface area is 132 Å². The van der Waals surface area contributed by atoms with Gasteiger partial charge < -0.3 is 13.9 Å². The minimum absolute atomic E-state index is 0.0797. The molecule has 0 N–H and O–H groups in total. The zero-order chi connectivity index (χ0) is 13.4. The summed E-state index contributed by atoms with van der Waals surface area (Å²) in [5, 5.41) is 0.624. The van der Waals surface area contributed by atoms with Gasteiger partial charge in [-0.15, -0.1) is 0 Å². The van der Waals surface area contributed by atoms with E-state index < -0.39 is 0 Å². The number of ether oxygens (including phenoxy) is 2. The van der Waals surface area contributed by atoms with Crippen molar-refractivity contribution >= 4 is 43.5 Å². The summed E-state index contributed by atoms with van der Waals surface area (Å²) in [5.41, 5.74) is 1.88. The SMILES string of the molecule is Clc1cc2c(cc1C(Br)c1ccoc1Br)OCCO2. The van der Waals surface area contributed by atoms with E-state index in [-0.39, 0.29) is 4.83 Å². The third-order valence-corrected chi connectivity index (χ3v) is 4.81.